The van der Waals surface area contributed by atoms with Gasteiger partial charge < -0.3 is 4.74 Å². The van der Waals surface area contributed by atoms with Crippen LogP contribution in [0.2, 0.25) is 0 Å². The third kappa shape index (κ3) is 10.1. The van der Waals surface area contributed by atoms with Crippen molar-refractivity contribution in [3.05, 3.63) is 54.1 Å². The molecule has 202 valence electrons. The number of rotatable bonds is 17. The Bertz CT molecular complexity index is 929. The van der Waals surface area contributed by atoms with Gasteiger partial charge in [0.15, 0.2) is 0 Å². The molecule has 3 heteroatoms. The van der Waals surface area contributed by atoms with Gasteiger partial charge in [-0.25, -0.2) is 0 Å². The van der Waals surface area contributed by atoms with Crippen molar-refractivity contribution in [2.45, 2.75) is 110 Å². The van der Waals surface area contributed by atoms with Crippen LogP contribution in [0.15, 0.2) is 48.5 Å². The van der Waals surface area contributed by atoms with Crippen LogP contribution < -0.4 is 4.74 Å². The Morgan fingerprint density at radius 2 is 1.35 bits per heavy atom. The normalized spacial score (nSPS) is 17.6. The van der Waals surface area contributed by atoms with Gasteiger partial charge in [0, 0.05) is 12.8 Å². The Morgan fingerprint density at radius 3 is 1.97 bits per heavy atom. The molecule has 0 heterocycles. The summed E-state index contributed by atoms with van der Waals surface area (Å²) in [7, 11) is 0. The first-order valence-corrected chi connectivity index (χ1v) is 15.0. The van der Waals surface area contributed by atoms with Crippen molar-refractivity contribution in [2.24, 2.45) is 11.8 Å². The van der Waals surface area contributed by atoms with Gasteiger partial charge >= 0.3 is 0 Å². The molecule has 0 radical (unpaired) electrons. The second-order valence-electron chi connectivity index (χ2n) is 11.0. The first kappa shape index (κ1) is 29.1. The van der Waals surface area contributed by atoms with Crippen molar-refractivity contribution in [1.82, 2.24) is 0 Å². The summed E-state index contributed by atoms with van der Waals surface area (Å²) in [5.41, 5.74) is 3.25. The van der Waals surface area contributed by atoms with Gasteiger partial charge in [-0.3, -0.25) is 9.59 Å². The van der Waals surface area contributed by atoms with Gasteiger partial charge in [-0.2, -0.15) is 0 Å². The van der Waals surface area contributed by atoms with Crippen molar-refractivity contribution >= 4 is 11.6 Å². The predicted octanol–water partition coefficient (Wildman–Crippen LogP) is 9.16. The number of benzene rings is 2. The molecule has 3 rings (SSSR count). The van der Waals surface area contributed by atoms with E-state index < -0.39 is 5.92 Å². The fraction of sp³-hybridized carbons (Fsp3) is 0.588. The van der Waals surface area contributed by atoms with Gasteiger partial charge in [0.25, 0.3) is 0 Å². The van der Waals surface area contributed by atoms with E-state index in [1.807, 2.05) is 24.3 Å². The lowest BCUT2D eigenvalue weighted by Crippen LogP contribution is -2.32. The van der Waals surface area contributed by atoms with Crippen LogP contribution in [0.5, 0.6) is 5.75 Å². The van der Waals surface area contributed by atoms with E-state index in [9.17, 15) is 9.59 Å². The molecule has 0 saturated heterocycles. The molecule has 0 aliphatic heterocycles. The van der Waals surface area contributed by atoms with Crippen LogP contribution in [-0.2, 0) is 16.0 Å². The van der Waals surface area contributed by atoms with Crippen LogP contribution in [0.3, 0.4) is 0 Å². The molecule has 1 fully saturated rings. The number of carbonyl (C=O) groups is 2. The van der Waals surface area contributed by atoms with Crippen molar-refractivity contribution in [3.8, 4) is 16.9 Å². The van der Waals surface area contributed by atoms with Gasteiger partial charge in [-0.05, 0) is 54.0 Å². The summed E-state index contributed by atoms with van der Waals surface area (Å²) < 4.78 is 5.88. The highest BCUT2D eigenvalue weighted by Crippen LogP contribution is 2.31. The fourth-order valence-electron chi connectivity index (χ4n) is 5.49. The lowest BCUT2D eigenvalue weighted by molar-refractivity contribution is -0.135. The average molecular weight is 505 g/mol. The predicted molar refractivity (Wildman–Crippen MR) is 154 cm³/mol. The quantitative estimate of drug-likeness (QED) is 0.159. The molecule has 2 aromatic rings. The number of Topliss-reactive ketones (excluding diaryl/α,β-unsaturated/α-hetero) is 2. The van der Waals surface area contributed by atoms with Crippen LogP contribution in [0.4, 0.5) is 0 Å². The standard InChI is InChI=1S/C34H48O3/c1-3-5-7-9-11-13-27-16-23-32(33(35)25-27)34(36)26-28-14-17-29(18-15-28)30-19-21-31(22-20-30)37-24-12-10-8-6-4-2/h14-15,17-22,27,32H,3-13,16,23-26H2,1-2H3. The number of unbranched alkanes of at least 4 members (excludes halogenated alkanes) is 8. The van der Waals surface area contributed by atoms with Gasteiger partial charge in [-0.15, -0.1) is 0 Å². The van der Waals surface area contributed by atoms with E-state index in [1.165, 1.54) is 57.8 Å². The van der Waals surface area contributed by atoms with Crippen LogP contribution in [0.1, 0.15) is 109 Å². The minimum absolute atomic E-state index is 0.0929. The summed E-state index contributed by atoms with van der Waals surface area (Å²) in [6.45, 7) is 5.24. The maximum Gasteiger partial charge on any atom is 0.147 e. The zero-order chi connectivity index (χ0) is 26.3. The van der Waals surface area contributed by atoms with Gasteiger partial charge in [0.05, 0.1) is 12.5 Å². The molecule has 2 unspecified atom stereocenters. The summed E-state index contributed by atoms with van der Waals surface area (Å²) in [5, 5.41) is 0. The zero-order valence-corrected chi connectivity index (χ0v) is 23.3. The molecule has 3 nitrogen and oxygen atoms in total. The molecular formula is C34H48O3. The molecule has 0 N–H and O–H groups in total. The van der Waals surface area contributed by atoms with E-state index in [4.69, 9.17) is 4.74 Å². The molecule has 1 aliphatic carbocycles. The number of carbonyl (C=O) groups excluding carboxylic acids is 2. The van der Waals surface area contributed by atoms with E-state index >= 15 is 0 Å². The van der Waals surface area contributed by atoms with Crippen molar-refractivity contribution < 1.29 is 14.3 Å². The highest BCUT2D eigenvalue weighted by molar-refractivity contribution is 6.03. The zero-order valence-electron chi connectivity index (χ0n) is 23.3. The molecular weight excluding hydrogens is 456 g/mol. The first-order valence-electron chi connectivity index (χ1n) is 15.0. The number of hydrogen-bond donors (Lipinski definition) is 0. The molecule has 1 aliphatic rings. The lowest BCUT2D eigenvalue weighted by atomic mass is 9.76. The van der Waals surface area contributed by atoms with Crippen LogP contribution in [-0.4, -0.2) is 18.2 Å². The number of hydrogen-bond acceptors (Lipinski definition) is 3. The van der Waals surface area contributed by atoms with E-state index in [-0.39, 0.29) is 11.6 Å². The maximum absolute atomic E-state index is 12.9. The maximum atomic E-state index is 12.9. The van der Waals surface area contributed by atoms with Gasteiger partial charge in [-0.1, -0.05) is 114 Å². The molecule has 37 heavy (non-hydrogen) atoms. The highest BCUT2D eigenvalue weighted by Gasteiger charge is 2.32. The third-order valence-corrected chi connectivity index (χ3v) is 7.88. The van der Waals surface area contributed by atoms with Crippen LogP contribution in [0.25, 0.3) is 11.1 Å². The largest absolute Gasteiger partial charge is 0.494 e. The average Bonchev–Trinajstić information content (AvgIpc) is 2.91. The van der Waals surface area contributed by atoms with E-state index in [1.54, 1.807) is 0 Å². The van der Waals surface area contributed by atoms with Crippen molar-refractivity contribution in [2.75, 3.05) is 6.61 Å². The molecule has 2 atom stereocenters. The first-order chi connectivity index (χ1) is 18.1. The van der Waals surface area contributed by atoms with E-state index in [0.29, 0.717) is 18.8 Å². The molecule has 0 bridgehead atoms. The second kappa shape index (κ2) is 16.4. The Morgan fingerprint density at radius 1 is 0.757 bits per heavy atom. The minimum Gasteiger partial charge on any atom is -0.494 e. The molecule has 2 aromatic carbocycles. The summed E-state index contributed by atoms with van der Waals surface area (Å²) >= 11 is 0. The Kier molecular flexibility index (Phi) is 12.9. The third-order valence-electron chi connectivity index (χ3n) is 7.88. The summed E-state index contributed by atoms with van der Waals surface area (Å²) in [4.78, 5) is 25.7. The summed E-state index contributed by atoms with van der Waals surface area (Å²) in [6.07, 6.45) is 16.4. The Hall–Kier alpha value is -2.42. The van der Waals surface area contributed by atoms with E-state index in [2.05, 4.69) is 38.1 Å². The molecule has 0 spiro atoms. The van der Waals surface area contributed by atoms with E-state index in [0.717, 1.165) is 54.7 Å². The molecule has 0 amide bonds. The lowest BCUT2D eigenvalue weighted by Gasteiger charge is -2.26. The molecule has 1 saturated carbocycles. The summed E-state index contributed by atoms with van der Waals surface area (Å²) in [5.74, 6) is 1.28. The number of ether oxygens (including phenoxy) is 1. The smallest absolute Gasteiger partial charge is 0.147 e. The highest BCUT2D eigenvalue weighted by atomic mass is 16.5. The Balaban J connectivity index is 1.41. The number of ketones is 2. The minimum atomic E-state index is -0.393. The second-order valence-corrected chi connectivity index (χ2v) is 11.0. The monoisotopic (exact) mass is 504 g/mol. The Labute approximate surface area is 225 Å². The fourth-order valence-corrected chi connectivity index (χ4v) is 5.49. The van der Waals surface area contributed by atoms with Gasteiger partial charge in [0.1, 0.15) is 17.3 Å². The van der Waals surface area contributed by atoms with Crippen molar-refractivity contribution in [1.29, 1.82) is 0 Å². The van der Waals surface area contributed by atoms with Crippen molar-refractivity contribution in [3.63, 3.8) is 0 Å². The molecule has 0 aromatic heterocycles. The van der Waals surface area contributed by atoms with Crippen LogP contribution >= 0.6 is 0 Å². The summed E-state index contributed by atoms with van der Waals surface area (Å²) in [6, 6.07) is 16.5. The van der Waals surface area contributed by atoms with Crippen LogP contribution in [0, 0.1) is 11.8 Å². The SMILES string of the molecule is CCCCCCCOc1ccc(-c2ccc(CC(=O)C3CCC(CCCCCCC)CC3=O)cc2)cc1. The topological polar surface area (TPSA) is 43.4 Å². The van der Waals surface area contributed by atoms with Gasteiger partial charge in [0.2, 0.25) is 0 Å².